The summed E-state index contributed by atoms with van der Waals surface area (Å²) in [5.41, 5.74) is -0.934. The molecule has 19 heavy (non-hydrogen) atoms. The second-order valence-corrected chi connectivity index (χ2v) is 8.17. The molecule has 2 fully saturated rings. The number of likely N-dealkylation sites (tertiary alicyclic amines) is 1. The zero-order chi connectivity index (χ0) is 14.6. The Kier molecular flexibility index (Phi) is 3.52. The number of aliphatic hydroxyl groups is 1. The number of halogens is 2. The highest BCUT2D eigenvalue weighted by Crippen LogP contribution is 2.62. The summed E-state index contributed by atoms with van der Waals surface area (Å²) in [5, 5.41) is 9.70. The third-order valence-corrected chi connectivity index (χ3v) is 5.33. The van der Waals surface area contributed by atoms with Gasteiger partial charge in [-0.05, 0) is 40.5 Å². The van der Waals surface area contributed by atoms with E-state index in [0.717, 1.165) is 0 Å². The van der Waals surface area contributed by atoms with Crippen LogP contribution in [0.2, 0.25) is 0 Å². The van der Waals surface area contributed by atoms with Crippen molar-refractivity contribution in [2.75, 3.05) is 6.54 Å². The molecule has 110 valence electrons. The molecule has 1 spiro atoms. The van der Waals surface area contributed by atoms with E-state index in [-0.39, 0.29) is 12.1 Å². The molecule has 0 bridgehead atoms. The lowest BCUT2D eigenvalue weighted by molar-refractivity contribution is -0.0413. The van der Waals surface area contributed by atoms with Gasteiger partial charge in [0.05, 0.1) is 6.10 Å². The maximum absolute atomic E-state index is 12.1. The molecule has 1 saturated carbocycles. The number of amides is 1. The van der Waals surface area contributed by atoms with Gasteiger partial charge < -0.3 is 14.7 Å². The minimum Gasteiger partial charge on any atom is -0.444 e. The van der Waals surface area contributed by atoms with E-state index in [0.29, 0.717) is 19.4 Å². The summed E-state index contributed by atoms with van der Waals surface area (Å²) in [6, 6.07) is 0.0132. The SMILES string of the molecule is C[C@@H]1C[C@@]2(C[C@@H](O)C2(Cl)Cl)CN1C(=O)OC(C)(C)C. The minimum atomic E-state index is -1.17. The van der Waals surface area contributed by atoms with Crippen molar-refractivity contribution in [2.45, 2.75) is 62.6 Å². The van der Waals surface area contributed by atoms with Crippen LogP contribution in [0.4, 0.5) is 4.79 Å². The Morgan fingerprint density at radius 1 is 1.37 bits per heavy atom. The third kappa shape index (κ3) is 2.43. The first kappa shape index (κ1) is 15.2. The molecular formula is C13H21Cl2NO3. The number of hydrogen-bond donors (Lipinski definition) is 1. The molecule has 0 aromatic carbocycles. The zero-order valence-electron chi connectivity index (χ0n) is 11.7. The average molecular weight is 310 g/mol. The van der Waals surface area contributed by atoms with Crippen LogP contribution in [0.3, 0.4) is 0 Å². The van der Waals surface area contributed by atoms with Gasteiger partial charge in [0.25, 0.3) is 0 Å². The summed E-state index contributed by atoms with van der Waals surface area (Å²) in [6.07, 6.45) is 0.156. The van der Waals surface area contributed by atoms with Crippen molar-refractivity contribution in [3.63, 3.8) is 0 Å². The Bertz CT molecular complexity index is 394. The van der Waals surface area contributed by atoms with Gasteiger partial charge in [0, 0.05) is 18.0 Å². The molecule has 4 nitrogen and oxygen atoms in total. The van der Waals surface area contributed by atoms with Crippen LogP contribution in [-0.2, 0) is 4.74 Å². The average Bonchev–Trinajstić information content (AvgIpc) is 2.56. The molecule has 1 amide bonds. The monoisotopic (exact) mass is 309 g/mol. The van der Waals surface area contributed by atoms with Crippen molar-refractivity contribution in [1.29, 1.82) is 0 Å². The molecule has 0 radical (unpaired) electrons. The van der Waals surface area contributed by atoms with E-state index in [1.165, 1.54) is 0 Å². The molecule has 2 rings (SSSR count). The van der Waals surface area contributed by atoms with Crippen molar-refractivity contribution in [3.05, 3.63) is 0 Å². The van der Waals surface area contributed by atoms with Crippen molar-refractivity contribution in [1.82, 2.24) is 4.90 Å². The Hall–Kier alpha value is -0.190. The third-order valence-electron chi connectivity index (χ3n) is 4.03. The number of aliphatic hydroxyl groups excluding tert-OH is 1. The maximum atomic E-state index is 12.1. The Labute approximate surface area is 124 Å². The predicted octanol–water partition coefficient (Wildman–Crippen LogP) is 2.94. The van der Waals surface area contributed by atoms with Gasteiger partial charge >= 0.3 is 6.09 Å². The number of carbonyl (C=O) groups is 1. The van der Waals surface area contributed by atoms with Gasteiger partial charge in [0.15, 0.2) is 4.33 Å². The number of hydrogen-bond acceptors (Lipinski definition) is 3. The molecule has 6 heteroatoms. The van der Waals surface area contributed by atoms with Gasteiger partial charge in [-0.2, -0.15) is 0 Å². The topological polar surface area (TPSA) is 49.8 Å². The first-order valence-corrected chi connectivity index (χ1v) is 7.30. The van der Waals surface area contributed by atoms with Crippen LogP contribution in [0.15, 0.2) is 0 Å². The van der Waals surface area contributed by atoms with E-state index in [4.69, 9.17) is 27.9 Å². The highest BCUT2D eigenvalue weighted by Gasteiger charge is 2.67. The van der Waals surface area contributed by atoms with Crippen LogP contribution >= 0.6 is 23.2 Å². The van der Waals surface area contributed by atoms with Gasteiger partial charge in [-0.1, -0.05) is 23.2 Å². The smallest absolute Gasteiger partial charge is 0.410 e. The quantitative estimate of drug-likeness (QED) is 0.700. The summed E-state index contributed by atoms with van der Waals surface area (Å²) >= 11 is 12.4. The summed E-state index contributed by atoms with van der Waals surface area (Å²) in [6.45, 7) is 7.89. The number of carbonyl (C=O) groups excluding carboxylic acids is 1. The van der Waals surface area contributed by atoms with Gasteiger partial charge in [0.2, 0.25) is 0 Å². The summed E-state index contributed by atoms with van der Waals surface area (Å²) < 4.78 is 4.22. The van der Waals surface area contributed by atoms with E-state index in [1.807, 2.05) is 27.7 Å². The van der Waals surface area contributed by atoms with Crippen LogP contribution in [-0.4, -0.2) is 44.7 Å². The van der Waals surface area contributed by atoms with Crippen LogP contribution in [0, 0.1) is 5.41 Å². The summed E-state index contributed by atoms with van der Waals surface area (Å²) in [7, 11) is 0. The lowest BCUT2D eigenvalue weighted by Crippen LogP contribution is -2.61. The molecule has 1 N–H and O–H groups in total. The first-order chi connectivity index (χ1) is 8.48. The largest absolute Gasteiger partial charge is 0.444 e. The van der Waals surface area contributed by atoms with Gasteiger partial charge in [-0.25, -0.2) is 4.79 Å². The molecule has 1 aliphatic carbocycles. The van der Waals surface area contributed by atoms with Crippen molar-refractivity contribution >= 4 is 29.3 Å². The predicted molar refractivity (Wildman–Crippen MR) is 74.5 cm³/mol. The highest BCUT2D eigenvalue weighted by atomic mass is 35.5. The second-order valence-electron chi connectivity index (χ2n) is 6.78. The molecule has 0 aromatic rings. The van der Waals surface area contributed by atoms with E-state index < -0.39 is 21.5 Å². The van der Waals surface area contributed by atoms with E-state index in [9.17, 15) is 9.90 Å². The van der Waals surface area contributed by atoms with Crippen LogP contribution in [0.1, 0.15) is 40.5 Å². The lowest BCUT2D eigenvalue weighted by atomic mass is 9.64. The summed E-state index contributed by atoms with van der Waals surface area (Å²) in [5.74, 6) is 0. The fourth-order valence-electron chi connectivity index (χ4n) is 3.03. The lowest BCUT2D eigenvalue weighted by Gasteiger charge is -2.53. The Morgan fingerprint density at radius 3 is 2.37 bits per heavy atom. The molecule has 1 saturated heterocycles. The molecular weight excluding hydrogens is 289 g/mol. The fraction of sp³-hybridized carbons (Fsp3) is 0.923. The normalized spacial score (nSPS) is 37.3. The first-order valence-electron chi connectivity index (χ1n) is 6.54. The highest BCUT2D eigenvalue weighted by molar-refractivity contribution is 6.50. The molecule has 3 atom stereocenters. The minimum absolute atomic E-state index is 0.0132. The van der Waals surface area contributed by atoms with Crippen molar-refractivity contribution in [2.24, 2.45) is 5.41 Å². The van der Waals surface area contributed by atoms with Crippen LogP contribution < -0.4 is 0 Å². The van der Waals surface area contributed by atoms with Crippen molar-refractivity contribution < 1.29 is 14.6 Å². The van der Waals surface area contributed by atoms with Gasteiger partial charge in [-0.15, -0.1) is 0 Å². The van der Waals surface area contributed by atoms with Crippen LogP contribution in [0.5, 0.6) is 0 Å². The molecule has 1 heterocycles. The van der Waals surface area contributed by atoms with Gasteiger partial charge in [0.1, 0.15) is 5.60 Å². The van der Waals surface area contributed by atoms with E-state index in [1.54, 1.807) is 4.90 Å². The van der Waals surface area contributed by atoms with E-state index >= 15 is 0 Å². The van der Waals surface area contributed by atoms with Gasteiger partial charge in [-0.3, -0.25) is 0 Å². The number of rotatable bonds is 0. The molecule has 0 unspecified atom stereocenters. The Morgan fingerprint density at radius 2 is 1.95 bits per heavy atom. The summed E-state index contributed by atoms with van der Waals surface area (Å²) in [4.78, 5) is 13.8. The Balaban J connectivity index is 2.09. The second kappa shape index (κ2) is 4.40. The molecule has 0 aromatic heterocycles. The number of alkyl halides is 2. The molecule has 1 aliphatic heterocycles. The number of nitrogens with zero attached hydrogens (tertiary/aromatic N) is 1. The standard InChI is InChI=1S/C13H21Cl2NO3/c1-8-5-12(6-9(17)13(12,14)15)7-16(8)10(18)19-11(2,3)4/h8-9,17H,5-7H2,1-4H3/t8-,9-,12-/m1/s1. The maximum Gasteiger partial charge on any atom is 0.410 e. The zero-order valence-corrected chi connectivity index (χ0v) is 13.3. The van der Waals surface area contributed by atoms with E-state index in [2.05, 4.69) is 0 Å². The number of ether oxygens (including phenoxy) is 1. The fourth-order valence-corrected chi connectivity index (χ4v) is 3.62. The molecule has 2 aliphatic rings. The van der Waals surface area contributed by atoms with Crippen molar-refractivity contribution in [3.8, 4) is 0 Å². The van der Waals surface area contributed by atoms with Crippen LogP contribution in [0.25, 0.3) is 0 Å².